The van der Waals surface area contributed by atoms with Gasteiger partial charge in [-0.3, -0.25) is 0 Å². The number of nitrogens with zero attached hydrogens (tertiary/aromatic N) is 1. The molecule has 1 radical (unpaired) electrons. The Bertz CT molecular complexity index is 1460. The molecule has 0 saturated heterocycles. The van der Waals surface area contributed by atoms with E-state index in [-0.39, 0.29) is 0 Å². The molecule has 6 heterocycles. The third-order valence-electron chi connectivity index (χ3n) is 5.24. The van der Waals surface area contributed by atoms with Crippen molar-refractivity contribution < 1.29 is 0 Å². The standard InChI is InChI=1S/C26H18S6.BHNS/c1-15-3-5-19(29-15)17-11-13-27-25(17)23-9-7-21(31-23)22-8-10-24(32-22)26-18(12-14-28-26)20-6-4-16(2)30-20;1-2-3/h3-14H,1-2H3;3H. The van der Waals surface area contributed by atoms with Crippen molar-refractivity contribution in [1.29, 1.82) is 0 Å². The maximum absolute atomic E-state index is 4.34. The zero-order valence-corrected chi connectivity index (χ0v) is 24.6. The SMILES string of the molecule is Cc1ccc(-c2ccsc2-c2ccc(-c3ccc(-c4sccc4-c4ccc(C)s4)s3)s2)s1.[B]=NS. The Morgan fingerprint density at radius 1 is 0.543 bits per heavy atom. The van der Waals surface area contributed by atoms with Crippen LogP contribution in [0.2, 0.25) is 0 Å². The molecule has 0 bridgehead atoms. The first-order valence-electron chi connectivity index (χ1n) is 10.6. The van der Waals surface area contributed by atoms with Crippen molar-refractivity contribution in [3.05, 3.63) is 81.2 Å². The Balaban J connectivity index is 0.000000806. The minimum absolute atomic E-state index is 1.35. The zero-order valence-electron chi connectivity index (χ0n) is 18.8. The summed E-state index contributed by atoms with van der Waals surface area (Å²) in [4.78, 5) is 13.6. The van der Waals surface area contributed by atoms with E-state index in [0.29, 0.717) is 0 Å². The van der Waals surface area contributed by atoms with Crippen molar-refractivity contribution in [2.75, 3.05) is 0 Å². The predicted molar refractivity (Wildman–Crippen MR) is 168 cm³/mol. The van der Waals surface area contributed by atoms with Gasteiger partial charge in [0.1, 0.15) is 0 Å². The minimum atomic E-state index is 1.35. The fraction of sp³-hybridized carbons (Fsp3) is 0.0769. The predicted octanol–water partition coefficient (Wildman–Crippen LogP) is 11.2. The van der Waals surface area contributed by atoms with Crippen molar-refractivity contribution in [3.63, 3.8) is 0 Å². The van der Waals surface area contributed by atoms with Crippen LogP contribution in [0.3, 0.4) is 0 Å². The van der Waals surface area contributed by atoms with E-state index in [4.69, 9.17) is 0 Å². The molecule has 0 amide bonds. The fourth-order valence-corrected chi connectivity index (χ4v) is 9.87. The van der Waals surface area contributed by atoms with Gasteiger partial charge in [0.25, 0.3) is 0 Å². The summed E-state index contributed by atoms with van der Waals surface area (Å²) < 4.78 is 2.69. The molecular formula is C26H19BNS7. The van der Waals surface area contributed by atoms with Gasteiger partial charge < -0.3 is 0 Å². The van der Waals surface area contributed by atoms with E-state index in [1.165, 1.54) is 59.9 Å². The summed E-state index contributed by atoms with van der Waals surface area (Å²) in [5, 5.41) is 4.43. The summed E-state index contributed by atoms with van der Waals surface area (Å²) in [5.74, 6) is 0. The van der Waals surface area contributed by atoms with Gasteiger partial charge in [-0.2, -0.15) is 0 Å². The molecule has 0 aliphatic heterocycles. The molecule has 0 spiro atoms. The number of thiol groups is 1. The van der Waals surface area contributed by atoms with Gasteiger partial charge in [0.2, 0.25) is 0 Å². The molecule has 6 aromatic heterocycles. The third kappa shape index (κ3) is 5.42. The van der Waals surface area contributed by atoms with Crippen LogP contribution in [-0.4, -0.2) is 7.64 Å². The first-order chi connectivity index (χ1) is 17.1. The summed E-state index contributed by atoms with van der Waals surface area (Å²) in [6.07, 6.45) is 0. The number of thiophene rings is 6. The van der Waals surface area contributed by atoms with Crippen LogP contribution in [0, 0.1) is 13.8 Å². The molecule has 173 valence electrons. The van der Waals surface area contributed by atoms with Crippen LogP contribution < -0.4 is 0 Å². The van der Waals surface area contributed by atoms with Crippen LogP contribution in [0.15, 0.2) is 75.7 Å². The van der Waals surface area contributed by atoms with Gasteiger partial charge in [-0.05, 0) is 85.3 Å². The molecule has 35 heavy (non-hydrogen) atoms. The third-order valence-corrected chi connectivity index (χ3v) is 11.9. The van der Waals surface area contributed by atoms with Crippen LogP contribution in [0.25, 0.3) is 50.1 Å². The second-order valence-corrected chi connectivity index (χ2v) is 14.4. The number of aryl methyl sites for hydroxylation is 2. The average molecular weight is 581 g/mol. The maximum atomic E-state index is 4.34. The molecular weight excluding hydrogens is 562 g/mol. The van der Waals surface area contributed by atoms with Gasteiger partial charge in [0.15, 0.2) is 0 Å². The van der Waals surface area contributed by atoms with Crippen LogP contribution >= 0.6 is 80.8 Å². The van der Waals surface area contributed by atoms with Gasteiger partial charge in [0.05, 0.1) is 9.75 Å². The summed E-state index contributed by atoms with van der Waals surface area (Å²) in [7, 11) is 4.34. The molecule has 0 aliphatic rings. The first kappa shape index (κ1) is 25.1. The van der Waals surface area contributed by atoms with Gasteiger partial charge in [0, 0.05) is 50.1 Å². The average Bonchev–Trinajstić information content (AvgIpc) is 3.66. The Kier molecular flexibility index (Phi) is 8.03. The molecule has 9 heteroatoms. The Morgan fingerprint density at radius 3 is 1.29 bits per heavy atom. The van der Waals surface area contributed by atoms with E-state index in [1.54, 1.807) is 0 Å². The summed E-state index contributed by atoms with van der Waals surface area (Å²) >= 11 is 14.4. The fourth-order valence-electron chi connectivity index (χ4n) is 3.73. The van der Waals surface area contributed by atoms with E-state index in [1.807, 2.05) is 68.0 Å². The van der Waals surface area contributed by atoms with Gasteiger partial charge in [-0.15, -0.1) is 68.0 Å². The van der Waals surface area contributed by atoms with Crippen LogP contribution in [0.1, 0.15) is 9.75 Å². The summed E-state index contributed by atoms with van der Waals surface area (Å²) in [6.45, 7) is 4.35. The van der Waals surface area contributed by atoms with E-state index in [2.05, 4.69) is 110 Å². The van der Waals surface area contributed by atoms with E-state index in [0.717, 1.165) is 0 Å². The summed E-state index contributed by atoms with van der Waals surface area (Å²) in [6, 6.07) is 22.6. The van der Waals surface area contributed by atoms with E-state index < -0.39 is 0 Å². The molecule has 0 aromatic carbocycles. The number of hydrogen-bond acceptors (Lipinski definition) is 8. The molecule has 6 rings (SSSR count). The van der Waals surface area contributed by atoms with Crippen molar-refractivity contribution >= 4 is 88.5 Å². The number of hydrogen-bond donors (Lipinski definition) is 1. The van der Waals surface area contributed by atoms with Crippen molar-refractivity contribution in [2.45, 2.75) is 13.8 Å². The second kappa shape index (κ2) is 11.2. The van der Waals surface area contributed by atoms with Crippen LogP contribution in [0.5, 0.6) is 0 Å². The quantitative estimate of drug-likeness (QED) is 0.154. The molecule has 6 aromatic rings. The monoisotopic (exact) mass is 580 g/mol. The van der Waals surface area contributed by atoms with Crippen LogP contribution in [-0.2, 0) is 0 Å². The molecule has 0 aliphatic carbocycles. The Labute approximate surface area is 236 Å². The van der Waals surface area contributed by atoms with Gasteiger partial charge in [-0.25, -0.2) is 0 Å². The van der Waals surface area contributed by atoms with Crippen molar-refractivity contribution in [3.8, 4) is 50.1 Å². The summed E-state index contributed by atoms with van der Waals surface area (Å²) in [5.41, 5.74) is 2.73. The Morgan fingerprint density at radius 2 is 0.914 bits per heavy atom. The zero-order chi connectivity index (χ0) is 24.4. The van der Waals surface area contributed by atoms with Crippen molar-refractivity contribution in [2.24, 2.45) is 4.30 Å². The topological polar surface area (TPSA) is 12.4 Å². The van der Waals surface area contributed by atoms with Crippen LogP contribution in [0.4, 0.5) is 0 Å². The van der Waals surface area contributed by atoms with Crippen molar-refractivity contribution in [1.82, 2.24) is 0 Å². The number of rotatable bonds is 5. The van der Waals surface area contributed by atoms with E-state index >= 15 is 0 Å². The molecule has 0 atom stereocenters. The molecule has 0 N–H and O–H groups in total. The second-order valence-electron chi connectivity index (χ2n) is 7.59. The van der Waals surface area contributed by atoms with Gasteiger partial charge >= 0.3 is 24.8 Å². The van der Waals surface area contributed by atoms with E-state index in [9.17, 15) is 0 Å². The normalized spacial score (nSPS) is 10.8. The molecule has 0 saturated carbocycles. The van der Waals surface area contributed by atoms with Gasteiger partial charge in [-0.1, -0.05) is 0 Å². The Hall–Kier alpha value is -1.59. The molecule has 0 fully saturated rings. The first-order valence-corrected chi connectivity index (χ1v) is 16.0. The molecule has 1 nitrogen and oxygen atoms in total. The molecule has 0 unspecified atom stereocenters.